The Morgan fingerprint density at radius 3 is 2.56 bits per heavy atom. The third kappa shape index (κ3) is 4.17. The van der Waals surface area contributed by atoms with E-state index in [1.165, 1.54) is 6.20 Å². The van der Waals surface area contributed by atoms with Crippen molar-refractivity contribution in [2.45, 2.75) is 20.0 Å². The fraction of sp³-hybridized carbons (Fsp3) is 0.158. The first-order valence-electron chi connectivity index (χ1n) is 7.80. The highest BCUT2D eigenvalue weighted by Gasteiger charge is 2.16. The van der Waals surface area contributed by atoms with E-state index in [-0.39, 0.29) is 5.69 Å². The SMILES string of the molecule is Cc1ccccc1Oc1ccc(C(=O)O[C@H](C)c2cnccn2)nc1. The van der Waals surface area contributed by atoms with E-state index in [2.05, 4.69) is 15.0 Å². The van der Waals surface area contributed by atoms with Crippen LogP contribution in [0.1, 0.15) is 34.8 Å². The van der Waals surface area contributed by atoms with Gasteiger partial charge in [0.25, 0.3) is 0 Å². The van der Waals surface area contributed by atoms with E-state index < -0.39 is 12.1 Å². The molecule has 0 bridgehead atoms. The molecule has 0 fully saturated rings. The van der Waals surface area contributed by atoms with Crippen molar-refractivity contribution in [1.29, 1.82) is 0 Å². The van der Waals surface area contributed by atoms with Crippen molar-refractivity contribution < 1.29 is 14.3 Å². The van der Waals surface area contributed by atoms with Gasteiger partial charge in [0.2, 0.25) is 0 Å². The molecule has 0 aliphatic heterocycles. The summed E-state index contributed by atoms with van der Waals surface area (Å²) in [5.74, 6) is 0.768. The van der Waals surface area contributed by atoms with Gasteiger partial charge in [-0.1, -0.05) is 18.2 Å². The van der Waals surface area contributed by atoms with E-state index in [9.17, 15) is 4.79 Å². The van der Waals surface area contributed by atoms with Crippen LogP contribution in [0.3, 0.4) is 0 Å². The number of rotatable bonds is 5. The van der Waals surface area contributed by atoms with Gasteiger partial charge in [0, 0.05) is 12.4 Å². The minimum atomic E-state index is -0.527. The van der Waals surface area contributed by atoms with Crippen LogP contribution in [0, 0.1) is 6.92 Å². The fourth-order valence-electron chi connectivity index (χ4n) is 2.16. The number of carbonyl (C=O) groups is 1. The van der Waals surface area contributed by atoms with Gasteiger partial charge in [0.05, 0.1) is 18.1 Å². The molecule has 3 aromatic rings. The monoisotopic (exact) mass is 335 g/mol. The van der Waals surface area contributed by atoms with E-state index >= 15 is 0 Å². The molecule has 0 aliphatic rings. The maximum atomic E-state index is 12.2. The minimum Gasteiger partial charge on any atom is -0.455 e. The molecule has 0 saturated carbocycles. The first kappa shape index (κ1) is 16.6. The summed E-state index contributed by atoms with van der Waals surface area (Å²) >= 11 is 0. The molecule has 6 heteroatoms. The van der Waals surface area contributed by atoms with Gasteiger partial charge >= 0.3 is 5.97 Å². The van der Waals surface area contributed by atoms with Crippen molar-refractivity contribution in [3.8, 4) is 11.5 Å². The number of para-hydroxylation sites is 1. The molecule has 0 aliphatic carbocycles. The number of ether oxygens (including phenoxy) is 2. The zero-order valence-corrected chi connectivity index (χ0v) is 13.9. The van der Waals surface area contributed by atoms with E-state index in [0.717, 1.165) is 11.3 Å². The largest absolute Gasteiger partial charge is 0.455 e. The molecular formula is C19H17N3O3. The van der Waals surface area contributed by atoms with Gasteiger partial charge in [-0.3, -0.25) is 9.97 Å². The third-order valence-corrected chi connectivity index (χ3v) is 3.55. The maximum Gasteiger partial charge on any atom is 0.357 e. The number of aryl methyl sites for hydroxylation is 1. The summed E-state index contributed by atoms with van der Waals surface area (Å²) in [4.78, 5) is 24.4. The van der Waals surface area contributed by atoms with Gasteiger partial charge < -0.3 is 9.47 Å². The molecule has 6 nitrogen and oxygen atoms in total. The van der Waals surface area contributed by atoms with Gasteiger partial charge in [0.1, 0.15) is 23.3 Å². The predicted molar refractivity (Wildman–Crippen MR) is 91.4 cm³/mol. The first-order valence-corrected chi connectivity index (χ1v) is 7.80. The van der Waals surface area contributed by atoms with Crippen LogP contribution in [-0.4, -0.2) is 20.9 Å². The normalized spacial score (nSPS) is 11.6. The second-order valence-corrected chi connectivity index (χ2v) is 5.42. The van der Waals surface area contributed by atoms with Crippen molar-refractivity contribution in [3.05, 3.63) is 78.1 Å². The number of benzene rings is 1. The number of hydrogen-bond acceptors (Lipinski definition) is 6. The zero-order valence-electron chi connectivity index (χ0n) is 13.9. The molecule has 0 radical (unpaired) electrons. The van der Waals surface area contributed by atoms with Crippen LogP contribution in [0.2, 0.25) is 0 Å². The Morgan fingerprint density at radius 1 is 1.04 bits per heavy atom. The lowest BCUT2D eigenvalue weighted by molar-refractivity contribution is 0.0321. The molecule has 2 aromatic heterocycles. The van der Waals surface area contributed by atoms with Gasteiger partial charge in [-0.05, 0) is 37.6 Å². The Bertz CT molecular complexity index is 851. The number of hydrogen-bond donors (Lipinski definition) is 0. The second-order valence-electron chi connectivity index (χ2n) is 5.42. The number of aromatic nitrogens is 3. The highest BCUT2D eigenvalue weighted by atomic mass is 16.5. The van der Waals surface area contributed by atoms with E-state index in [4.69, 9.17) is 9.47 Å². The van der Waals surface area contributed by atoms with Crippen LogP contribution >= 0.6 is 0 Å². The van der Waals surface area contributed by atoms with E-state index in [0.29, 0.717) is 11.4 Å². The quantitative estimate of drug-likeness (QED) is 0.659. The third-order valence-electron chi connectivity index (χ3n) is 3.55. The topological polar surface area (TPSA) is 74.2 Å². The molecule has 126 valence electrons. The Kier molecular flexibility index (Phi) is 4.99. The molecule has 3 rings (SSSR count). The average molecular weight is 335 g/mol. The molecule has 2 heterocycles. The Labute approximate surface area is 145 Å². The summed E-state index contributed by atoms with van der Waals surface area (Å²) in [7, 11) is 0. The van der Waals surface area contributed by atoms with Crippen LogP contribution in [-0.2, 0) is 4.74 Å². The lowest BCUT2D eigenvalue weighted by Crippen LogP contribution is -2.11. The fourth-order valence-corrected chi connectivity index (χ4v) is 2.16. The summed E-state index contributed by atoms with van der Waals surface area (Å²) in [5.41, 5.74) is 1.80. The highest BCUT2D eigenvalue weighted by molar-refractivity contribution is 5.87. The summed E-state index contributed by atoms with van der Waals surface area (Å²) in [6.45, 7) is 3.69. The smallest absolute Gasteiger partial charge is 0.357 e. The first-order chi connectivity index (χ1) is 12.1. The molecule has 0 unspecified atom stereocenters. The summed E-state index contributed by atoms with van der Waals surface area (Å²) in [6, 6.07) is 10.9. The van der Waals surface area contributed by atoms with Crippen LogP contribution in [0.5, 0.6) is 11.5 Å². The maximum absolute atomic E-state index is 12.2. The number of nitrogens with zero attached hydrogens (tertiary/aromatic N) is 3. The Balaban J connectivity index is 1.65. The van der Waals surface area contributed by atoms with Crippen molar-refractivity contribution in [1.82, 2.24) is 15.0 Å². The summed E-state index contributed by atoms with van der Waals surface area (Å²) in [5, 5.41) is 0. The van der Waals surface area contributed by atoms with Gasteiger partial charge in [0.15, 0.2) is 0 Å². The summed E-state index contributed by atoms with van der Waals surface area (Å²) < 4.78 is 11.1. The molecule has 1 atom stereocenters. The Hall–Kier alpha value is -3.28. The van der Waals surface area contributed by atoms with E-state index in [1.807, 2.05) is 31.2 Å². The van der Waals surface area contributed by atoms with Crippen LogP contribution in [0.4, 0.5) is 0 Å². The van der Waals surface area contributed by atoms with Gasteiger partial charge in [-0.25, -0.2) is 9.78 Å². The molecular weight excluding hydrogens is 318 g/mol. The lowest BCUT2D eigenvalue weighted by Gasteiger charge is -2.12. The molecule has 0 amide bonds. The predicted octanol–water partition coefficient (Wildman–Crippen LogP) is 3.89. The van der Waals surface area contributed by atoms with Crippen molar-refractivity contribution >= 4 is 5.97 Å². The van der Waals surface area contributed by atoms with Crippen molar-refractivity contribution in [2.75, 3.05) is 0 Å². The Morgan fingerprint density at radius 2 is 1.88 bits per heavy atom. The number of esters is 1. The van der Waals surface area contributed by atoms with Crippen molar-refractivity contribution in [2.24, 2.45) is 0 Å². The highest BCUT2D eigenvalue weighted by Crippen LogP contribution is 2.24. The molecule has 25 heavy (non-hydrogen) atoms. The average Bonchev–Trinajstić information content (AvgIpc) is 2.65. The second kappa shape index (κ2) is 7.53. The number of carbonyl (C=O) groups excluding carboxylic acids is 1. The van der Waals surface area contributed by atoms with Crippen LogP contribution < -0.4 is 4.74 Å². The van der Waals surface area contributed by atoms with Crippen molar-refractivity contribution in [3.63, 3.8) is 0 Å². The van der Waals surface area contributed by atoms with Gasteiger partial charge in [-0.2, -0.15) is 0 Å². The minimum absolute atomic E-state index is 0.202. The standard InChI is InChI=1S/C19H17N3O3/c1-13-5-3-4-6-18(13)25-15-7-8-16(22-11-15)19(23)24-14(2)17-12-20-9-10-21-17/h3-12,14H,1-2H3/t14-/m1/s1. The molecule has 0 N–H and O–H groups in total. The summed E-state index contributed by atoms with van der Waals surface area (Å²) in [6.07, 6.45) is 5.66. The molecule has 0 spiro atoms. The van der Waals surface area contributed by atoms with E-state index in [1.54, 1.807) is 37.6 Å². The van der Waals surface area contributed by atoms with Crippen LogP contribution in [0.15, 0.2) is 61.2 Å². The lowest BCUT2D eigenvalue weighted by atomic mass is 10.2. The van der Waals surface area contributed by atoms with Crippen LogP contribution in [0.25, 0.3) is 0 Å². The molecule has 1 aromatic carbocycles. The number of pyridine rings is 1. The van der Waals surface area contributed by atoms with Gasteiger partial charge in [-0.15, -0.1) is 0 Å². The molecule has 0 saturated heterocycles. The zero-order chi connectivity index (χ0) is 17.6.